The summed E-state index contributed by atoms with van der Waals surface area (Å²) in [6.07, 6.45) is 1.77. The number of nitrogens with one attached hydrogen (secondary N) is 1. The number of aryl methyl sites for hydroxylation is 1. The smallest absolute Gasteiger partial charge is 0.246 e. The number of rotatable bonds is 5. The van der Waals surface area contributed by atoms with Crippen LogP contribution in [-0.4, -0.2) is 34.7 Å². The van der Waals surface area contributed by atoms with Crippen molar-refractivity contribution in [3.63, 3.8) is 0 Å². The Kier molecular flexibility index (Phi) is 9.38. The molecule has 1 N–H and O–H groups in total. The van der Waals surface area contributed by atoms with Gasteiger partial charge in [-0.25, -0.2) is 23.1 Å². The minimum absolute atomic E-state index is 0. The average molecular weight is 481 g/mol. The molecule has 0 bridgehead atoms. The van der Waals surface area contributed by atoms with Crippen molar-refractivity contribution in [2.75, 3.05) is 17.3 Å². The minimum atomic E-state index is -1.53. The molecule has 1 aliphatic heterocycles. The molecule has 0 spiro atoms. The number of carbonyl (C=O) groups excluding carboxylic acids is 2. The van der Waals surface area contributed by atoms with Crippen molar-refractivity contribution in [1.29, 1.82) is 0 Å². The number of anilines is 2. The molecule has 34 heavy (non-hydrogen) atoms. The van der Waals surface area contributed by atoms with E-state index in [9.17, 15) is 22.8 Å². The molecule has 1 fully saturated rings. The Hall–Kier alpha value is -2.97. The number of nitrogens with zero attached hydrogens (tertiary/aromatic N) is 3. The van der Waals surface area contributed by atoms with Gasteiger partial charge in [-0.1, -0.05) is 22.3 Å². The van der Waals surface area contributed by atoms with E-state index in [0.29, 0.717) is 42.3 Å². The van der Waals surface area contributed by atoms with Crippen molar-refractivity contribution < 1.29 is 22.8 Å². The highest BCUT2D eigenvalue weighted by atomic mass is 19.2. The Morgan fingerprint density at radius 2 is 1.71 bits per heavy atom. The number of fused-ring (bicyclic) bond motifs is 1. The van der Waals surface area contributed by atoms with Crippen LogP contribution in [-0.2, 0) is 22.4 Å². The Balaban J connectivity index is 0.00000193. The van der Waals surface area contributed by atoms with Crippen LogP contribution in [0.25, 0.3) is 0 Å². The predicted octanol–water partition coefficient (Wildman–Crippen LogP) is 5.27. The van der Waals surface area contributed by atoms with Crippen LogP contribution in [0.2, 0.25) is 0 Å². The zero-order chi connectivity index (χ0) is 22.4. The maximum atomic E-state index is 13.4. The summed E-state index contributed by atoms with van der Waals surface area (Å²) in [4.78, 5) is 35.4. The van der Waals surface area contributed by atoms with Crippen LogP contribution in [0, 0.1) is 36.2 Å². The molecule has 1 saturated carbocycles. The lowest BCUT2D eigenvalue weighted by Gasteiger charge is -2.35. The second-order valence-corrected chi connectivity index (χ2v) is 8.45. The molecule has 1 amide bonds. The summed E-state index contributed by atoms with van der Waals surface area (Å²) in [6.45, 7) is 3.62. The molecule has 2 heterocycles. The molecule has 0 radical (unpaired) electrons. The fraction of sp³-hybridized carbons (Fsp3) is 0.520. The van der Waals surface area contributed by atoms with Crippen molar-refractivity contribution in [1.82, 2.24) is 9.97 Å². The van der Waals surface area contributed by atoms with E-state index in [-0.39, 0.29) is 63.8 Å². The molecule has 0 unspecified atom stereocenters. The van der Waals surface area contributed by atoms with Gasteiger partial charge in [-0.2, -0.15) is 0 Å². The van der Waals surface area contributed by atoms with Gasteiger partial charge >= 0.3 is 0 Å². The van der Waals surface area contributed by atoms with Crippen LogP contribution in [0.4, 0.5) is 24.7 Å². The van der Waals surface area contributed by atoms with E-state index < -0.39 is 17.5 Å². The zero-order valence-corrected chi connectivity index (χ0v) is 17.5. The number of hydrogen-bond donors (Lipinski definition) is 1. The lowest BCUT2D eigenvalue weighted by atomic mass is 9.70. The van der Waals surface area contributed by atoms with Crippen LogP contribution < -0.4 is 10.2 Å². The topological polar surface area (TPSA) is 75.2 Å². The number of aromatic nitrogens is 2. The highest BCUT2D eigenvalue weighted by Crippen LogP contribution is 2.38. The van der Waals surface area contributed by atoms with E-state index in [1.807, 2.05) is 18.9 Å². The summed E-state index contributed by atoms with van der Waals surface area (Å²) in [7, 11) is 1.82. The van der Waals surface area contributed by atoms with Crippen molar-refractivity contribution in [2.24, 2.45) is 11.8 Å². The Bertz CT molecular complexity index is 1050. The highest BCUT2D eigenvalue weighted by Gasteiger charge is 2.36. The highest BCUT2D eigenvalue weighted by molar-refractivity contribution is 6.02. The molecule has 0 saturated heterocycles. The van der Waals surface area contributed by atoms with E-state index in [2.05, 4.69) is 15.3 Å². The minimum Gasteiger partial charge on any atom is -0.346 e. The second kappa shape index (κ2) is 11.0. The van der Waals surface area contributed by atoms with Gasteiger partial charge in [-0.05, 0) is 50.3 Å². The van der Waals surface area contributed by atoms with Gasteiger partial charge in [0.25, 0.3) is 0 Å². The molecule has 1 aromatic carbocycles. The maximum absolute atomic E-state index is 13.4. The molecule has 9 heteroatoms. The quantitative estimate of drug-likeness (QED) is 0.591. The fourth-order valence-electron chi connectivity index (χ4n) is 4.17. The summed E-state index contributed by atoms with van der Waals surface area (Å²) in [5.41, 5.74) is 1.45. The lowest BCUT2D eigenvalue weighted by molar-refractivity contribution is -0.126. The zero-order valence-electron chi connectivity index (χ0n) is 17.5. The van der Waals surface area contributed by atoms with Crippen LogP contribution >= 0.6 is 0 Å². The first-order valence-electron chi connectivity index (χ1n) is 10.2. The molecule has 4 rings (SSSR count). The fourth-order valence-corrected chi connectivity index (χ4v) is 4.17. The van der Waals surface area contributed by atoms with Gasteiger partial charge < -0.3 is 10.2 Å². The molecule has 1 aromatic heterocycles. The third kappa shape index (κ3) is 5.39. The van der Waals surface area contributed by atoms with Crippen LogP contribution in [0.1, 0.15) is 59.1 Å². The summed E-state index contributed by atoms with van der Waals surface area (Å²) < 4.78 is 39.8. The number of hydrogen-bond acceptors (Lipinski definition) is 5. The van der Waals surface area contributed by atoms with Crippen molar-refractivity contribution in [3.05, 3.63) is 46.7 Å². The van der Waals surface area contributed by atoms with Gasteiger partial charge in [0.2, 0.25) is 5.91 Å². The standard InChI is InChI=1S/C22H23F3N4O2.3CH4/c1-10-20-21(29(3)11(2)22(31)28-20)27-18(26-10)9-12-4-14(5-12)17(30)8-13-6-15(23)19(25)16(24)7-13;;;/h6-7,11-12,14H,4-5,8-9H2,1-3H3,(H,28,31);3*1H4/t11-,12?,14?;;;/m0.../s1. The molecule has 1 atom stereocenters. The average Bonchev–Trinajstić information content (AvgIpc) is 2.67. The van der Waals surface area contributed by atoms with E-state index in [1.54, 1.807) is 6.92 Å². The third-order valence-electron chi connectivity index (χ3n) is 6.24. The van der Waals surface area contributed by atoms with Crippen molar-refractivity contribution in [3.8, 4) is 0 Å². The van der Waals surface area contributed by atoms with E-state index in [4.69, 9.17) is 0 Å². The van der Waals surface area contributed by atoms with Gasteiger partial charge in [-0.15, -0.1) is 0 Å². The number of carbonyl (C=O) groups is 2. The molecule has 1 aliphatic carbocycles. The van der Waals surface area contributed by atoms with Crippen molar-refractivity contribution >= 4 is 23.2 Å². The number of halogens is 3. The molecular weight excluding hydrogens is 445 g/mol. The number of likely N-dealkylation sites (N-methyl/N-ethyl adjacent to an activating group) is 1. The largest absolute Gasteiger partial charge is 0.346 e. The Morgan fingerprint density at radius 1 is 1.12 bits per heavy atom. The lowest BCUT2D eigenvalue weighted by Crippen LogP contribution is -2.45. The van der Waals surface area contributed by atoms with E-state index in [0.717, 1.165) is 12.1 Å². The molecule has 2 aromatic rings. The summed E-state index contributed by atoms with van der Waals surface area (Å²) in [5.74, 6) is -2.94. The first-order valence-corrected chi connectivity index (χ1v) is 10.2. The maximum Gasteiger partial charge on any atom is 0.246 e. The normalized spacial score (nSPS) is 20.6. The SMILES string of the molecule is C.C.C.Cc1nc(CC2CC(C(=O)Cc3cc(F)c(F)c(F)c3)C2)nc2c1NC(=O)[C@H](C)N2C. The van der Waals surface area contributed by atoms with Crippen LogP contribution in [0.3, 0.4) is 0 Å². The van der Waals surface area contributed by atoms with Crippen LogP contribution in [0.5, 0.6) is 0 Å². The Morgan fingerprint density at radius 3 is 2.29 bits per heavy atom. The molecule has 6 nitrogen and oxygen atoms in total. The van der Waals surface area contributed by atoms with Gasteiger partial charge in [0.05, 0.1) is 5.69 Å². The molecule has 188 valence electrons. The van der Waals surface area contributed by atoms with E-state index >= 15 is 0 Å². The first-order chi connectivity index (χ1) is 14.6. The van der Waals surface area contributed by atoms with Crippen LogP contribution in [0.15, 0.2) is 12.1 Å². The first kappa shape index (κ1) is 29.1. The summed E-state index contributed by atoms with van der Waals surface area (Å²) in [6, 6.07) is 1.40. The number of Topliss-reactive ketones (excluding diaryl/α,β-unsaturated/α-hetero) is 1. The monoisotopic (exact) mass is 480 g/mol. The van der Waals surface area contributed by atoms with Gasteiger partial charge in [0.15, 0.2) is 23.3 Å². The van der Waals surface area contributed by atoms with Gasteiger partial charge in [0, 0.05) is 25.8 Å². The number of ketones is 1. The summed E-state index contributed by atoms with van der Waals surface area (Å²) >= 11 is 0. The summed E-state index contributed by atoms with van der Waals surface area (Å²) in [5, 5.41) is 2.85. The van der Waals surface area contributed by atoms with Crippen molar-refractivity contribution in [2.45, 2.75) is 67.9 Å². The molecular formula is C25H35F3N4O2. The van der Waals surface area contributed by atoms with E-state index in [1.165, 1.54) is 0 Å². The predicted molar refractivity (Wildman–Crippen MR) is 128 cm³/mol. The number of benzene rings is 1. The second-order valence-electron chi connectivity index (χ2n) is 8.45. The van der Waals surface area contributed by atoms with Gasteiger partial charge in [-0.3, -0.25) is 9.59 Å². The molecule has 2 aliphatic rings. The Labute approximate surface area is 200 Å². The number of amides is 1. The van der Waals surface area contributed by atoms with Gasteiger partial charge in [0.1, 0.15) is 23.3 Å². The third-order valence-corrected chi connectivity index (χ3v) is 6.24.